The molecule has 0 spiro atoms. The van der Waals surface area contributed by atoms with Gasteiger partial charge in [0.1, 0.15) is 16.3 Å². The number of thiocarbonyl (C=S) groups is 1. The summed E-state index contributed by atoms with van der Waals surface area (Å²) in [5.41, 5.74) is 3.27. The van der Waals surface area contributed by atoms with Gasteiger partial charge in [-0.25, -0.2) is 4.39 Å². The molecule has 1 saturated heterocycles. The first-order valence-electron chi connectivity index (χ1n) is 5.58. The largest absolute Gasteiger partial charge is 0.334 e. The van der Waals surface area contributed by atoms with Gasteiger partial charge in [-0.1, -0.05) is 36.1 Å². The van der Waals surface area contributed by atoms with E-state index < -0.39 is 0 Å². The molecule has 0 radical (unpaired) electrons. The highest BCUT2D eigenvalue weighted by Gasteiger charge is 2.44. The first kappa shape index (κ1) is 13.7. The maximum atomic E-state index is 12.8. The quantitative estimate of drug-likeness (QED) is 0.660. The van der Waals surface area contributed by atoms with E-state index in [9.17, 15) is 9.60 Å². The third kappa shape index (κ3) is 2.66. The van der Waals surface area contributed by atoms with Crippen LogP contribution >= 0.6 is 24.0 Å². The van der Waals surface area contributed by atoms with Gasteiger partial charge < -0.3 is 10.1 Å². The monoisotopic (exact) mass is 286 g/mol. The van der Waals surface area contributed by atoms with Crippen molar-refractivity contribution in [2.24, 2.45) is 0 Å². The third-order valence-corrected chi connectivity index (χ3v) is 4.59. The van der Waals surface area contributed by atoms with Crippen LogP contribution < -0.4 is 5.48 Å². The lowest BCUT2D eigenvalue weighted by atomic mass is 10.1. The Hall–Kier alpha value is -0.690. The number of nitrogens with one attached hydrogen (secondary N) is 1. The van der Waals surface area contributed by atoms with Gasteiger partial charge >= 0.3 is 0 Å². The summed E-state index contributed by atoms with van der Waals surface area (Å²) < 4.78 is 13.4. The number of benzene rings is 1. The number of thioether (sulfide) groups is 1. The first-order chi connectivity index (χ1) is 8.44. The Kier molecular flexibility index (Phi) is 3.91. The molecule has 98 valence electrons. The summed E-state index contributed by atoms with van der Waals surface area (Å²) in [6.45, 7) is 4.58. The van der Waals surface area contributed by atoms with E-state index in [1.807, 2.05) is 18.7 Å². The standard InChI is InChI=1S/C12H15FN2OS2/c1-12(2)10(14-16)15(11(17)18-12)7-8-3-5-9(13)6-4-8/h3-6,10,14,16H,7H2,1-2H3/t10-/m0/s1. The highest BCUT2D eigenvalue weighted by atomic mass is 32.2. The molecule has 1 aliphatic heterocycles. The van der Waals surface area contributed by atoms with E-state index in [1.54, 1.807) is 23.9 Å². The van der Waals surface area contributed by atoms with Crippen LogP contribution in [0.5, 0.6) is 0 Å². The molecule has 18 heavy (non-hydrogen) atoms. The molecule has 2 rings (SSSR count). The lowest BCUT2D eigenvalue weighted by molar-refractivity contribution is 0.0543. The third-order valence-electron chi connectivity index (χ3n) is 2.94. The average Bonchev–Trinajstić information content (AvgIpc) is 2.51. The predicted octanol–water partition coefficient (Wildman–Crippen LogP) is 2.74. The molecule has 1 heterocycles. The summed E-state index contributed by atoms with van der Waals surface area (Å²) in [6.07, 6.45) is -0.250. The van der Waals surface area contributed by atoms with E-state index in [-0.39, 0.29) is 16.7 Å². The molecule has 0 aromatic heterocycles. The van der Waals surface area contributed by atoms with Crippen LogP contribution in [0.2, 0.25) is 0 Å². The number of nitrogens with zero attached hydrogens (tertiary/aromatic N) is 1. The molecule has 0 bridgehead atoms. The molecule has 0 amide bonds. The van der Waals surface area contributed by atoms with Crippen molar-refractivity contribution in [3.8, 4) is 0 Å². The summed E-state index contributed by atoms with van der Waals surface area (Å²) in [6, 6.07) is 6.30. The van der Waals surface area contributed by atoms with Crippen LogP contribution in [-0.4, -0.2) is 25.3 Å². The van der Waals surface area contributed by atoms with Crippen molar-refractivity contribution in [2.45, 2.75) is 31.3 Å². The fourth-order valence-corrected chi connectivity index (χ4v) is 3.83. The highest BCUT2D eigenvalue weighted by Crippen LogP contribution is 2.40. The van der Waals surface area contributed by atoms with Crippen molar-refractivity contribution >= 4 is 28.3 Å². The average molecular weight is 286 g/mol. The van der Waals surface area contributed by atoms with E-state index in [0.29, 0.717) is 6.54 Å². The number of hydrogen-bond acceptors (Lipinski definition) is 4. The first-order valence-corrected chi connectivity index (χ1v) is 6.80. The van der Waals surface area contributed by atoms with Crippen LogP contribution in [0.3, 0.4) is 0 Å². The molecule has 1 aromatic carbocycles. The van der Waals surface area contributed by atoms with Gasteiger partial charge in [-0.3, -0.25) is 0 Å². The molecule has 2 N–H and O–H groups in total. The van der Waals surface area contributed by atoms with Crippen molar-refractivity contribution < 1.29 is 9.60 Å². The van der Waals surface area contributed by atoms with E-state index in [1.165, 1.54) is 12.1 Å². The molecular formula is C12H15FN2OS2. The number of hydrogen-bond donors (Lipinski definition) is 2. The predicted molar refractivity (Wildman–Crippen MR) is 74.9 cm³/mol. The number of halogens is 1. The highest BCUT2D eigenvalue weighted by molar-refractivity contribution is 8.24. The minimum Gasteiger partial charge on any atom is -0.334 e. The molecule has 1 aromatic rings. The Morgan fingerprint density at radius 1 is 1.44 bits per heavy atom. The van der Waals surface area contributed by atoms with Gasteiger partial charge in [0.05, 0.1) is 4.75 Å². The molecule has 6 heteroatoms. The van der Waals surface area contributed by atoms with Crippen LogP contribution in [-0.2, 0) is 6.54 Å². The minimum absolute atomic E-state index is 0.203. The van der Waals surface area contributed by atoms with Crippen molar-refractivity contribution in [1.29, 1.82) is 0 Å². The zero-order chi connectivity index (χ0) is 13.3. The summed E-state index contributed by atoms with van der Waals surface area (Å²) >= 11 is 6.87. The molecule has 0 aliphatic carbocycles. The van der Waals surface area contributed by atoms with E-state index in [4.69, 9.17) is 12.2 Å². The van der Waals surface area contributed by atoms with Gasteiger partial charge in [0.25, 0.3) is 0 Å². The van der Waals surface area contributed by atoms with Crippen molar-refractivity contribution in [3.05, 3.63) is 35.6 Å². The lowest BCUT2D eigenvalue weighted by Crippen LogP contribution is -2.49. The van der Waals surface area contributed by atoms with E-state index >= 15 is 0 Å². The molecular weight excluding hydrogens is 271 g/mol. The van der Waals surface area contributed by atoms with E-state index in [0.717, 1.165) is 9.88 Å². The van der Waals surface area contributed by atoms with Crippen molar-refractivity contribution in [2.75, 3.05) is 0 Å². The Bertz CT molecular complexity index is 450. The summed E-state index contributed by atoms with van der Waals surface area (Å²) in [5.74, 6) is -0.255. The zero-order valence-corrected chi connectivity index (χ0v) is 11.8. The Morgan fingerprint density at radius 2 is 2.06 bits per heavy atom. The zero-order valence-electron chi connectivity index (χ0n) is 10.2. The second-order valence-electron chi connectivity index (χ2n) is 4.76. The normalized spacial score (nSPS) is 22.6. The molecule has 0 unspecified atom stereocenters. The van der Waals surface area contributed by atoms with Gasteiger partial charge in [0, 0.05) is 6.54 Å². The number of hydroxylamine groups is 1. The minimum atomic E-state index is -0.255. The lowest BCUT2D eigenvalue weighted by Gasteiger charge is -2.30. The molecule has 0 saturated carbocycles. The molecule has 3 nitrogen and oxygen atoms in total. The molecule has 1 fully saturated rings. The Labute approximate surface area is 115 Å². The second kappa shape index (κ2) is 5.13. The van der Waals surface area contributed by atoms with Crippen molar-refractivity contribution in [3.63, 3.8) is 0 Å². The van der Waals surface area contributed by atoms with E-state index in [2.05, 4.69) is 5.48 Å². The van der Waals surface area contributed by atoms with Gasteiger partial charge in [-0.05, 0) is 31.5 Å². The van der Waals surface area contributed by atoms with Crippen LogP contribution in [0.1, 0.15) is 19.4 Å². The summed E-state index contributed by atoms with van der Waals surface area (Å²) in [4.78, 5) is 1.91. The van der Waals surface area contributed by atoms with Crippen LogP contribution in [0, 0.1) is 5.82 Å². The second-order valence-corrected chi connectivity index (χ2v) is 7.05. The van der Waals surface area contributed by atoms with Gasteiger partial charge in [-0.15, -0.1) is 0 Å². The summed E-state index contributed by atoms with van der Waals surface area (Å²) in [7, 11) is 0. The summed E-state index contributed by atoms with van der Waals surface area (Å²) in [5, 5.41) is 9.29. The Balaban J connectivity index is 2.17. The number of rotatable bonds is 3. The topological polar surface area (TPSA) is 35.5 Å². The Morgan fingerprint density at radius 3 is 2.61 bits per heavy atom. The van der Waals surface area contributed by atoms with Crippen LogP contribution in [0.15, 0.2) is 24.3 Å². The van der Waals surface area contributed by atoms with Crippen LogP contribution in [0.25, 0.3) is 0 Å². The van der Waals surface area contributed by atoms with Gasteiger partial charge in [-0.2, -0.15) is 5.48 Å². The van der Waals surface area contributed by atoms with Crippen molar-refractivity contribution in [1.82, 2.24) is 10.4 Å². The van der Waals surface area contributed by atoms with Crippen LogP contribution in [0.4, 0.5) is 4.39 Å². The SMILES string of the molecule is CC1(C)SC(=S)N(Cc2ccc(F)cc2)[C@@H]1NO. The smallest absolute Gasteiger partial charge is 0.138 e. The van der Waals surface area contributed by atoms with Gasteiger partial charge in [0.15, 0.2) is 0 Å². The van der Waals surface area contributed by atoms with Gasteiger partial charge in [0.2, 0.25) is 0 Å². The fourth-order valence-electron chi connectivity index (χ4n) is 1.99. The maximum absolute atomic E-state index is 12.8. The fraction of sp³-hybridized carbons (Fsp3) is 0.417. The molecule has 1 atom stereocenters. The maximum Gasteiger partial charge on any atom is 0.138 e. The molecule has 1 aliphatic rings.